The summed E-state index contributed by atoms with van der Waals surface area (Å²) in [5.41, 5.74) is 4.28. The Kier molecular flexibility index (Phi) is 6.73. The molecule has 1 aromatic heterocycles. The van der Waals surface area contributed by atoms with Gasteiger partial charge in [0.25, 0.3) is 5.56 Å². The van der Waals surface area contributed by atoms with E-state index < -0.39 is 5.25 Å². The third-order valence-corrected chi connectivity index (χ3v) is 7.76. The summed E-state index contributed by atoms with van der Waals surface area (Å²) in [6.45, 7) is 5.57. The molecule has 1 amide bonds. The number of fused-ring (bicyclic) bond motifs is 1. The Labute approximate surface area is 209 Å². The highest BCUT2D eigenvalue weighted by molar-refractivity contribution is 8.00. The fourth-order valence-corrected chi connectivity index (χ4v) is 5.83. The normalized spacial score (nSPS) is 14.7. The number of likely N-dealkylation sites (tertiary alicyclic amines) is 1. The van der Waals surface area contributed by atoms with Crippen molar-refractivity contribution >= 4 is 28.6 Å². The summed E-state index contributed by atoms with van der Waals surface area (Å²) >= 11 is 1.37. The first-order chi connectivity index (χ1) is 17.0. The molecule has 0 radical (unpaired) electrons. The van der Waals surface area contributed by atoms with E-state index in [9.17, 15) is 9.59 Å². The fraction of sp³-hybridized carbons (Fsp3) is 0.276. The second-order valence-corrected chi connectivity index (χ2v) is 10.2. The first-order valence-corrected chi connectivity index (χ1v) is 13.0. The zero-order chi connectivity index (χ0) is 24.4. The van der Waals surface area contributed by atoms with Crippen LogP contribution >= 0.6 is 11.8 Å². The van der Waals surface area contributed by atoms with Crippen molar-refractivity contribution in [2.75, 3.05) is 13.1 Å². The number of benzene rings is 3. The van der Waals surface area contributed by atoms with Crippen molar-refractivity contribution in [3.63, 3.8) is 0 Å². The second kappa shape index (κ2) is 10.1. The summed E-state index contributed by atoms with van der Waals surface area (Å²) in [6.07, 6.45) is 3.21. The summed E-state index contributed by atoms with van der Waals surface area (Å²) in [6, 6.07) is 23.3. The maximum Gasteiger partial charge on any atom is 0.266 e. The minimum absolute atomic E-state index is 0.0795. The zero-order valence-electron chi connectivity index (χ0n) is 20.1. The molecule has 4 aromatic rings. The van der Waals surface area contributed by atoms with E-state index >= 15 is 0 Å². The zero-order valence-corrected chi connectivity index (χ0v) is 20.9. The van der Waals surface area contributed by atoms with Crippen molar-refractivity contribution in [1.29, 1.82) is 0 Å². The van der Waals surface area contributed by atoms with E-state index in [0.717, 1.165) is 54.7 Å². The van der Waals surface area contributed by atoms with E-state index in [1.165, 1.54) is 11.8 Å². The van der Waals surface area contributed by atoms with Crippen LogP contribution in [0.3, 0.4) is 0 Å². The molecule has 1 aliphatic rings. The second-order valence-electron chi connectivity index (χ2n) is 9.14. The predicted octanol–water partition coefficient (Wildman–Crippen LogP) is 5.85. The highest BCUT2D eigenvalue weighted by Crippen LogP contribution is 2.37. The quantitative estimate of drug-likeness (QED) is 0.264. The van der Waals surface area contributed by atoms with Crippen LogP contribution in [0, 0.1) is 13.8 Å². The van der Waals surface area contributed by atoms with Crippen LogP contribution in [0.4, 0.5) is 0 Å². The number of para-hydroxylation sites is 1. The van der Waals surface area contributed by atoms with Crippen molar-refractivity contribution in [2.24, 2.45) is 0 Å². The van der Waals surface area contributed by atoms with Gasteiger partial charge in [-0.05, 0) is 68.0 Å². The van der Waals surface area contributed by atoms with Crippen LogP contribution < -0.4 is 5.56 Å². The summed E-state index contributed by atoms with van der Waals surface area (Å²) in [5, 5.41) is 0.608. The van der Waals surface area contributed by atoms with Gasteiger partial charge in [0.1, 0.15) is 5.25 Å². The Morgan fingerprint density at radius 1 is 0.914 bits per heavy atom. The maximum atomic E-state index is 13.8. The minimum Gasteiger partial charge on any atom is -0.341 e. The van der Waals surface area contributed by atoms with Gasteiger partial charge < -0.3 is 4.90 Å². The Hall–Kier alpha value is -3.38. The van der Waals surface area contributed by atoms with E-state index in [0.29, 0.717) is 16.1 Å². The van der Waals surface area contributed by atoms with Gasteiger partial charge in [0.05, 0.1) is 16.6 Å². The van der Waals surface area contributed by atoms with Gasteiger partial charge in [0, 0.05) is 13.1 Å². The molecule has 0 N–H and O–H groups in total. The number of carbonyl (C=O) groups is 1. The topological polar surface area (TPSA) is 55.2 Å². The number of aromatic nitrogens is 2. The third-order valence-electron chi connectivity index (χ3n) is 6.57. The third kappa shape index (κ3) is 4.76. The van der Waals surface area contributed by atoms with Crippen molar-refractivity contribution in [3.05, 3.63) is 99.8 Å². The summed E-state index contributed by atoms with van der Waals surface area (Å²) in [5.74, 6) is 0.0795. The van der Waals surface area contributed by atoms with E-state index in [4.69, 9.17) is 4.98 Å². The number of hydrogen-bond acceptors (Lipinski definition) is 4. The standard InChI is InChI=1S/C29H29N3O2S/c1-20-15-16-21(2)25(19-20)32-27(33)23-13-7-8-14-24(23)30-29(32)35-26(22-11-5-3-6-12-22)28(34)31-17-9-4-10-18-31/h3,5-8,11-16,19,26H,4,9-10,17-18H2,1-2H3. The number of carbonyl (C=O) groups excluding carboxylic acids is 1. The van der Waals surface area contributed by atoms with Gasteiger partial charge in [-0.2, -0.15) is 0 Å². The van der Waals surface area contributed by atoms with Gasteiger partial charge in [-0.15, -0.1) is 0 Å². The Balaban J connectivity index is 1.68. The number of amides is 1. The largest absolute Gasteiger partial charge is 0.341 e. The molecule has 1 atom stereocenters. The van der Waals surface area contributed by atoms with Crippen LogP contribution in [0.5, 0.6) is 0 Å². The van der Waals surface area contributed by atoms with Gasteiger partial charge in [0.15, 0.2) is 5.16 Å². The molecular weight excluding hydrogens is 454 g/mol. The average Bonchev–Trinajstić information content (AvgIpc) is 2.90. The van der Waals surface area contributed by atoms with E-state index in [1.54, 1.807) is 4.57 Å². The van der Waals surface area contributed by atoms with E-state index in [-0.39, 0.29) is 11.5 Å². The van der Waals surface area contributed by atoms with Crippen LogP contribution in [0.1, 0.15) is 41.2 Å². The molecule has 5 nitrogen and oxygen atoms in total. The molecule has 1 fully saturated rings. The number of nitrogens with zero attached hydrogens (tertiary/aromatic N) is 3. The van der Waals surface area contributed by atoms with Crippen molar-refractivity contribution in [2.45, 2.75) is 43.5 Å². The van der Waals surface area contributed by atoms with Gasteiger partial charge in [0.2, 0.25) is 5.91 Å². The number of piperidine rings is 1. The molecule has 1 unspecified atom stereocenters. The highest BCUT2D eigenvalue weighted by Gasteiger charge is 2.30. The van der Waals surface area contributed by atoms with Gasteiger partial charge in [-0.3, -0.25) is 14.2 Å². The highest BCUT2D eigenvalue weighted by atomic mass is 32.2. The Morgan fingerprint density at radius 2 is 1.63 bits per heavy atom. The molecule has 0 aliphatic carbocycles. The molecule has 1 aliphatic heterocycles. The lowest BCUT2D eigenvalue weighted by atomic mass is 10.1. The monoisotopic (exact) mass is 483 g/mol. The maximum absolute atomic E-state index is 13.8. The van der Waals surface area contributed by atoms with E-state index in [1.807, 2.05) is 91.5 Å². The Bertz CT molecular complexity index is 1430. The molecule has 2 heterocycles. The van der Waals surface area contributed by atoms with Crippen LogP contribution in [-0.4, -0.2) is 33.4 Å². The molecule has 35 heavy (non-hydrogen) atoms. The first kappa shape index (κ1) is 23.4. The number of aryl methyl sites for hydroxylation is 2. The summed E-state index contributed by atoms with van der Waals surface area (Å²) in [4.78, 5) is 34.5. The molecule has 0 spiro atoms. The van der Waals surface area contributed by atoms with Crippen molar-refractivity contribution < 1.29 is 4.79 Å². The number of hydrogen-bond donors (Lipinski definition) is 0. The van der Waals surface area contributed by atoms with E-state index in [2.05, 4.69) is 0 Å². The first-order valence-electron chi connectivity index (χ1n) is 12.1. The lowest BCUT2D eigenvalue weighted by molar-refractivity contribution is -0.131. The lowest BCUT2D eigenvalue weighted by Crippen LogP contribution is -2.38. The molecular formula is C29H29N3O2S. The summed E-state index contributed by atoms with van der Waals surface area (Å²) < 4.78 is 1.69. The predicted molar refractivity (Wildman–Crippen MR) is 142 cm³/mol. The van der Waals surface area contributed by atoms with Gasteiger partial charge in [-0.25, -0.2) is 4.98 Å². The lowest BCUT2D eigenvalue weighted by Gasteiger charge is -2.30. The Morgan fingerprint density at radius 3 is 2.40 bits per heavy atom. The van der Waals surface area contributed by atoms with Gasteiger partial charge >= 0.3 is 0 Å². The molecule has 5 rings (SSSR count). The molecule has 3 aromatic carbocycles. The molecule has 0 saturated carbocycles. The fourth-order valence-electron chi connectivity index (χ4n) is 4.64. The van der Waals surface area contributed by atoms with Crippen molar-refractivity contribution in [1.82, 2.24) is 14.5 Å². The number of thioether (sulfide) groups is 1. The van der Waals surface area contributed by atoms with Crippen LogP contribution in [0.2, 0.25) is 0 Å². The summed E-state index contributed by atoms with van der Waals surface area (Å²) in [7, 11) is 0. The molecule has 1 saturated heterocycles. The molecule has 6 heteroatoms. The van der Waals surface area contributed by atoms with Crippen LogP contribution in [0.15, 0.2) is 82.7 Å². The minimum atomic E-state index is -0.487. The van der Waals surface area contributed by atoms with Gasteiger partial charge in [-0.1, -0.05) is 66.4 Å². The van der Waals surface area contributed by atoms with Crippen LogP contribution in [0.25, 0.3) is 16.6 Å². The average molecular weight is 484 g/mol. The van der Waals surface area contributed by atoms with Crippen molar-refractivity contribution in [3.8, 4) is 5.69 Å². The van der Waals surface area contributed by atoms with Crippen LogP contribution in [-0.2, 0) is 4.79 Å². The number of rotatable bonds is 5. The molecule has 178 valence electrons. The molecule has 0 bridgehead atoms. The SMILES string of the molecule is Cc1ccc(C)c(-n2c(SC(C(=O)N3CCCCC3)c3ccccc3)nc3ccccc3c2=O)c1. The smallest absolute Gasteiger partial charge is 0.266 e.